The number of rotatable bonds is 2. The average molecular weight is 250 g/mol. The maximum absolute atomic E-state index is 13.4. The second-order valence-corrected chi connectivity index (χ2v) is 4.95. The van der Waals surface area contributed by atoms with Crippen LogP contribution in [0.5, 0.6) is 0 Å². The van der Waals surface area contributed by atoms with Crippen molar-refractivity contribution in [3.8, 4) is 0 Å². The summed E-state index contributed by atoms with van der Waals surface area (Å²) >= 11 is 0. The third kappa shape index (κ3) is 3.22. The molecule has 0 radical (unpaired) electrons. The van der Waals surface area contributed by atoms with Crippen LogP contribution in [0.4, 0.5) is 14.9 Å². The number of anilines is 1. The number of halogens is 1. The normalized spacial score (nSPS) is 23.4. The maximum atomic E-state index is 13.4. The lowest BCUT2D eigenvalue weighted by Crippen LogP contribution is -2.43. The zero-order valence-corrected chi connectivity index (χ0v) is 10.6. The molecule has 0 bridgehead atoms. The van der Waals surface area contributed by atoms with E-state index in [4.69, 9.17) is 0 Å². The minimum Gasteiger partial charge on any atom is -0.335 e. The summed E-state index contributed by atoms with van der Waals surface area (Å²) in [6.45, 7) is 2.15. The first-order chi connectivity index (χ1) is 8.66. The van der Waals surface area contributed by atoms with Crippen molar-refractivity contribution in [3.63, 3.8) is 0 Å². The first kappa shape index (κ1) is 12.9. The molecule has 3 nitrogen and oxygen atoms in total. The molecule has 1 aliphatic carbocycles. The number of nitrogens with one attached hydrogen (secondary N) is 2. The molecule has 18 heavy (non-hydrogen) atoms. The summed E-state index contributed by atoms with van der Waals surface area (Å²) in [6, 6.07) is 6.06. The van der Waals surface area contributed by atoms with Crippen molar-refractivity contribution in [2.45, 2.75) is 38.6 Å². The summed E-state index contributed by atoms with van der Waals surface area (Å²) in [4.78, 5) is 11.8. The summed E-state index contributed by atoms with van der Waals surface area (Å²) in [5, 5.41) is 5.48. The van der Waals surface area contributed by atoms with E-state index in [0.717, 1.165) is 19.3 Å². The highest BCUT2D eigenvalue weighted by Crippen LogP contribution is 2.23. The van der Waals surface area contributed by atoms with Gasteiger partial charge < -0.3 is 10.6 Å². The Hall–Kier alpha value is -1.58. The average Bonchev–Trinajstić information content (AvgIpc) is 2.35. The lowest BCUT2D eigenvalue weighted by molar-refractivity contribution is 0.232. The van der Waals surface area contributed by atoms with Gasteiger partial charge in [-0.3, -0.25) is 0 Å². The Morgan fingerprint density at radius 3 is 2.72 bits per heavy atom. The molecule has 2 N–H and O–H groups in total. The van der Waals surface area contributed by atoms with Crippen LogP contribution < -0.4 is 10.6 Å². The zero-order chi connectivity index (χ0) is 13.0. The SMILES string of the molecule is C[C@@H]1CCCC[C@@H]1NC(=O)Nc1ccccc1F. The number of urea groups is 1. The lowest BCUT2D eigenvalue weighted by Gasteiger charge is -2.29. The monoisotopic (exact) mass is 250 g/mol. The van der Waals surface area contributed by atoms with Gasteiger partial charge >= 0.3 is 6.03 Å². The van der Waals surface area contributed by atoms with E-state index in [-0.39, 0.29) is 17.8 Å². The number of hydrogen-bond acceptors (Lipinski definition) is 1. The van der Waals surface area contributed by atoms with E-state index in [1.807, 2.05) is 0 Å². The zero-order valence-electron chi connectivity index (χ0n) is 10.6. The van der Waals surface area contributed by atoms with Crippen LogP contribution in [0.25, 0.3) is 0 Å². The highest BCUT2D eigenvalue weighted by molar-refractivity contribution is 5.89. The fourth-order valence-electron chi connectivity index (χ4n) is 2.42. The molecule has 2 amide bonds. The van der Waals surface area contributed by atoms with E-state index in [1.54, 1.807) is 18.2 Å². The standard InChI is InChI=1S/C14H19FN2O/c1-10-6-2-4-8-12(10)16-14(18)17-13-9-5-3-7-11(13)15/h3,5,7,9-10,12H,2,4,6,8H2,1H3,(H2,16,17,18)/t10-,12+/m1/s1. The van der Waals surface area contributed by atoms with Crippen molar-refractivity contribution < 1.29 is 9.18 Å². The van der Waals surface area contributed by atoms with Gasteiger partial charge in [0, 0.05) is 6.04 Å². The molecular weight excluding hydrogens is 231 g/mol. The van der Waals surface area contributed by atoms with E-state index >= 15 is 0 Å². The Labute approximate surface area is 107 Å². The first-order valence-corrected chi connectivity index (χ1v) is 6.49. The second kappa shape index (κ2) is 5.85. The molecule has 1 aliphatic rings. The third-order valence-electron chi connectivity index (χ3n) is 3.55. The number of carbonyl (C=O) groups is 1. The van der Waals surface area contributed by atoms with Crippen molar-refractivity contribution in [2.75, 3.05) is 5.32 Å². The minimum atomic E-state index is -0.413. The van der Waals surface area contributed by atoms with Crippen LogP contribution in [0.15, 0.2) is 24.3 Å². The number of carbonyl (C=O) groups excluding carboxylic acids is 1. The molecule has 0 unspecified atom stereocenters. The molecule has 4 heteroatoms. The molecule has 0 aromatic heterocycles. The van der Waals surface area contributed by atoms with Gasteiger partial charge in [0.15, 0.2) is 0 Å². The van der Waals surface area contributed by atoms with Crippen LogP contribution in [0.1, 0.15) is 32.6 Å². The largest absolute Gasteiger partial charge is 0.335 e. The van der Waals surface area contributed by atoms with Crippen LogP contribution in [0.3, 0.4) is 0 Å². The van der Waals surface area contributed by atoms with Crippen molar-refractivity contribution >= 4 is 11.7 Å². The second-order valence-electron chi connectivity index (χ2n) is 4.95. The first-order valence-electron chi connectivity index (χ1n) is 6.49. The van der Waals surface area contributed by atoms with Gasteiger partial charge in [0.05, 0.1) is 5.69 Å². The molecule has 98 valence electrons. The van der Waals surface area contributed by atoms with Crippen LogP contribution in [0.2, 0.25) is 0 Å². The molecule has 1 saturated carbocycles. The van der Waals surface area contributed by atoms with E-state index < -0.39 is 5.82 Å². The van der Waals surface area contributed by atoms with Gasteiger partial charge in [-0.25, -0.2) is 9.18 Å². The molecule has 0 heterocycles. The van der Waals surface area contributed by atoms with Crippen LogP contribution >= 0.6 is 0 Å². The summed E-state index contributed by atoms with van der Waals surface area (Å²) in [6.07, 6.45) is 4.53. The van der Waals surface area contributed by atoms with E-state index in [1.165, 1.54) is 12.5 Å². The van der Waals surface area contributed by atoms with Crippen molar-refractivity contribution in [2.24, 2.45) is 5.92 Å². The van der Waals surface area contributed by atoms with Crippen LogP contribution in [0, 0.1) is 11.7 Å². The van der Waals surface area contributed by atoms with Crippen LogP contribution in [-0.4, -0.2) is 12.1 Å². The number of amides is 2. The Balaban J connectivity index is 1.90. The number of benzene rings is 1. The third-order valence-corrected chi connectivity index (χ3v) is 3.55. The molecule has 2 rings (SSSR count). The molecular formula is C14H19FN2O. The maximum Gasteiger partial charge on any atom is 0.319 e. The van der Waals surface area contributed by atoms with Gasteiger partial charge in [-0.05, 0) is 30.9 Å². The van der Waals surface area contributed by atoms with E-state index in [9.17, 15) is 9.18 Å². The van der Waals surface area contributed by atoms with Crippen molar-refractivity contribution in [1.29, 1.82) is 0 Å². The summed E-state index contributed by atoms with van der Waals surface area (Å²) < 4.78 is 13.4. The van der Waals surface area contributed by atoms with Gasteiger partial charge in [0.2, 0.25) is 0 Å². The van der Waals surface area contributed by atoms with Gasteiger partial charge in [0.25, 0.3) is 0 Å². The highest BCUT2D eigenvalue weighted by atomic mass is 19.1. The highest BCUT2D eigenvalue weighted by Gasteiger charge is 2.22. The Kier molecular flexibility index (Phi) is 4.18. The Morgan fingerprint density at radius 2 is 2.00 bits per heavy atom. The predicted octanol–water partition coefficient (Wildman–Crippen LogP) is 3.53. The fraction of sp³-hybridized carbons (Fsp3) is 0.500. The molecule has 1 aromatic carbocycles. The topological polar surface area (TPSA) is 41.1 Å². The molecule has 0 aliphatic heterocycles. The van der Waals surface area contributed by atoms with Gasteiger partial charge in [-0.1, -0.05) is 31.9 Å². The van der Waals surface area contributed by atoms with Gasteiger partial charge in [-0.2, -0.15) is 0 Å². The number of hydrogen-bond donors (Lipinski definition) is 2. The van der Waals surface area contributed by atoms with Crippen molar-refractivity contribution in [3.05, 3.63) is 30.1 Å². The fourth-order valence-corrected chi connectivity index (χ4v) is 2.42. The lowest BCUT2D eigenvalue weighted by atomic mass is 9.86. The van der Waals surface area contributed by atoms with Gasteiger partial charge in [0.1, 0.15) is 5.82 Å². The molecule has 1 fully saturated rings. The molecule has 0 spiro atoms. The summed E-state index contributed by atoms with van der Waals surface area (Å²) in [5.41, 5.74) is 0.221. The smallest absolute Gasteiger partial charge is 0.319 e. The summed E-state index contributed by atoms with van der Waals surface area (Å²) in [5.74, 6) is 0.0782. The van der Waals surface area contributed by atoms with Crippen molar-refractivity contribution in [1.82, 2.24) is 5.32 Å². The van der Waals surface area contributed by atoms with E-state index in [2.05, 4.69) is 17.6 Å². The summed E-state index contributed by atoms with van der Waals surface area (Å²) in [7, 11) is 0. The molecule has 2 atom stereocenters. The molecule has 1 aromatic rings. The predicted molar refractivity (Wildman–Crippen MR) is 70.0 cm³/mol. The number of para-hydroxylation sites is 1. The van der Waals surface area contributed by atoms with Crippen LogP contribution in [-0.2, 0) is 0 Å². The Bertz CT molecular complexity index is 422. The van der Waals surface area contributed by atoms with Gasteiger partial charge in [-0.15, -0.1) is 0 Å². The Morgan fingerprint density at radius 1 is 1.28 bits per heavy atom. The molecule has 0 saturated heterocycles. The minimum absolute atomic E-state index is 0.200. The quantitative estimate of drug-likeness (QED) is 0.828. The van der Waals surface area contributed by atoms with E-state index in [0.29, 0.717) is 5.92 Å².